The summed E-state index contributed by atoms with van der Waals surface area (Å²) in [6, 6.07) is 7.70. The lowest BCUT2D eigenvalue weighted by Gasteiger charge is -2.28. The minimum atomic E-state index is -1.73. The van der Waals surface area contributed by atoms with Crippen molar-refractivity contribution in [3.8, 4) is 16.9 Å². The second-order valence-electron chi connectivity index (χ2n) is 9.17. The summed E-state index contributed by atoms with van der Waals surface area (Å²) in [5.74, 6) is -6.59. The van der Waals surface area contributed by atoms with Crippen molar-refractivity contribution < 1.29 is 31.1 Å². The van der Waals surface area contributed by atoms with Crippen LogP contribution in [0.3, 0.4) is 0 Å². The largest absolute Gasteiger partial charge is 0.486 e. The Morgan fingerprint density at radius 3 is 1.94 bits per heavy atom. The van der Waals surface area contributed by atoms with E-state index in [1.807, 2.05) is 6.07 Å². The molecule has 0 aliphatic heterocycles. The summed E-state index contributed by atoms with van der Waals surface area (Å²) in [6.07, 6.45) is 6.74. The molecule has 0 amide bonds. The summed E-state index contributed by atoms with van der Waals surface area (Å²) in [5.41, 5.74) is -0.195. The molecule has 3 aromatic carbocycles. The molecule has 0 atom stereocenters. The van der Waals surface area contributed by atoms with E-state index >= 15 is 0 Å². The van der Waals surface area contributed by atoms with Crippen LogP contribution in [-0.4, -0.2) is 0 Å². The molecule has 3 aromatic rings. The fraction of sp³-hybridized carbons (Fsp3) is 0.357. The van der Waals surface area contributed by atoms with Crippen molar-refractivity contribution in [1.29, 1.82) is 0 Å². The molecule has 1 fully saturated rings. The third kappa shape index (κ3) is 5.65. The molecule has 4 rings (SSSR count). The second kappa shape index (κ2) is 10.8. The van der Waals surface area contributed by atoms with E-state index in [0.717, 1.165) is 49.3 Å². The van der Waals surface area contributed by atoms with Crippen LogP contribution >= 0.6 is 0 Å². The number of rotatable bonds is 7. The Morgan fingerprint density at radius 1 is 0.743 bits per heavy atom. The Balaban J connectivity index is 1.44. The Bertz CT molecular complexity index is 1150. The summed E-state index contributed by atoms with van der Waals surface area (Å²) in [4.78, 5) is 0. The third-order valence-electron chi connectivity index (χ3n) is 6.74. The molecular weight excluding hydrogens is 466 g/mol. The molecule has 0 aromatic heterocycles. The van der Waals surface area contributed by atoms with Gasteiger partial charge in [0.15, 0.2) is 29.0 Å². The van der Waals surface area contributed by atoms with Crippen molar-refractivity contribution in [3.05, 3.63) is 88.5 Å². The first kappa shape index (κ1) is 25.1. The predicted octanol–water partition coefficient (Wildman–Crippen LogP) is 8.84. The van der Waals surface area contributed by atoms with Gasteiger partial charge in [0.2, 0.25) is 0 Å². The van der Waals surface area contributed by atoms with Crippen LogP contribution in [-0.2, 0) is 6.61 Å². The van der Waals surface area contributed by atoms with E-state index in [1.54, 1.807) is 0 Å². The zero-order valence-electron chi connectivity index (χ0n) is 19.3. The average molecular weight is 493 g/mol. The minimum absolute atomic E-state index is 0.0408. The lowest BCUT2D eigenvalue weighted by molar-refractivity contribution is 0.287. The quantitative estimate of drug-likeness (QED) is 0.236. The predicted molar refractivity (Wildman–Crippen MR) is 122 cm³/mol. The lowest BCUT2D eigenvalue weighted by atomic mass is 9.77. The van der Waals surface area contributed by atoms with Crippen molar-refractivity contribution >= 4 is 0 Å². The van der Waals surface area contributed by atoms with Crippen LogP contribution in [0.2, 0.25) is 0 Å². The molecule has 0 spiro atoms. The van der Waals surface area contributed by atoms with Gasteiger partial charge in [0.05, 0.1) is 5.56 Å². The van der Waals surface area contributed by atoms with Gasteiger partial charge in [0, 0.05) is 0 Å². The average Bonchev–Trinajstić information content (AvgIpc) is 2.82. The van der Waals surface area contributed by atoms with Crippen molar-refractivity contribution in [3.63, 3.8) is 0 Å². The zero-order chi connectivity index (χ0) is 25.1. The highest BCUT2D eigenvalue weighted by atomic mass is 19.2. The zero-order valence-corrected chi connectivity index (χ0v) is 19.3. The molecule has 1 aliphatic rings. The van der Waals surface area contributed by atoms with Crippen LogP contribution in [0.1, 0.15) is 62.5 Å². The lowest BCUT2D eigenvalue weighted by Crippen LogP contribution is -2.13. The summed E-state index contributed by atoms with van der Waals surface area (Å²) >= 11 is 0. The molecule has 1 saturated carbocycles. The molecule has 186 valence electrons. The maximum Gasteiger partial charge on any atom is 0.194 e. The van der Waals surface area contributed by atoms with Crippen molar-refractivity contribution in [1.82, 2.24) is 0 Å². The normalized spacial score (nSPS) is 18.0. The van der Waals surface area contributed by atoms with Gasteiger partial charge in [-0.3, -0.25) is 0 Å². The first-order valence-electron chi connectivity index (χ1n) is 11.8. The van der Waals surface area contributed by atoms with Crippen molar-refractivity contribution in [2.75, 3.05) is 0 Å². The van der Waals surface area contributed by atoms with Gasteiger partial charge >= 0.3 is 0 Å². The smallest absolute Gasteiger partial charge is 0.194 e. The second-order valence-corrected chi connectivity index (χ2v) is 9.17. The van der Waals surface area contributed by atoms with E-state index in [2.05, 4.69) is 6.92 Å². The van der Waals surface area contributed by atoms with Gasteiger partial charge in [0.1, 0.15) is 18.2 Å². The Morgan fingerprint density at radius 2 is 1.37 bits per heavy atom. The summed E-state index contributed by atoms with van der Waals surface area (Å²) < 4.78 is 89.5. The van der Waals surface area contributed by atoms with Gasteiger partial charge in [0.25, 0.3) is 0 Å². The molecule has 35 heavy (non-hydrogen) atoms. The van der Waals surface area contributed by atoms with Crippen LogP contribution in [0.15, 0.2) is 42.5 Å². The highest BCUT2D eigenvalue weighted by Crippen LogP contribution is 2.38. The van der Waals surface area contributed by atoms with Gasteiger partial charge in [-0.15, -0.1) is 0 Å². The van der Waals surface area contributed by atoms with Crippen LogP contribution in [0.4, 0.5) is 26.3 Å². The van der Waals surface area contributed by atoms with E-state index in [9.17, 15) is 26.3 Å². The van der Waals surface area contributed by atoms with Gasteiger partial charge < -0.3 is 4.74 Å². The van der Waals surface area contributed by atoms with Crippen LogP contribution in [0.5, 0.6) is 5.75 Å². The van der Waals surface area contributed by atoms with Crippen LogP contribution in [0, 0.1) is 40.8 Å². The van der Waals surface area contributed by atoms with E-state index in [4.69, 9.17) is 4.74 Å². The fourth-order valence-electron chi connectivity index (χ4n) is 4.93. The van der Waals surface area contributed by atoms with Gasteiger partial charge in [-0.25, -0.2) is 26.3 Å². The number of ether oxygens (including phenoxy) is 1. The minimum Gasteiger partial charge on any atom is -0.486 e. The molecule has 7 heteroatoms. The molecule has 0 radical (unpaired) electrons. The molecule has 0 unspecified atom stereocenters. The number of hydrogen-bond donors (Lipinski definition) is 0. The Hall–Kier alpha value is -2.96. The van der Waals surface area contributed by atoms with Crippen LogP contribution < -0.4 is 4.74 Å². The number of halogens is 6. The first-order chi connectivity index (χ1) is 16.8. The maximum atomic E-state index is 14.7. The van der Waals surface area contributed by atoms with E-state index in [1.165, 1.54) is 25.0 Å². The standard InChI is InChI=1S/C28H26F6O/c1-2-3-16-4-6-18(7-5-16)19-8-9-26(21(29)12-19)35-15-17-10-22(30)27(23(31)11-17)20-13-24(32)28(34)25(33)14-20/h8-14,16,18H,2-7,15H2,1H3. The third-order valence-corrected chi connectivity index (χ3v) is 6.74. The number of benzene rings is 3. The Kier molecular flexibility index (Phi) is 7.72. The molecule has 0 bridgehead atoms. The molecule has 0 N–H and O–H groups in total. The SMILES string of the molecule is CCCC1CCC(c2ccc(OCc3cc(F)c(-c4cc(F)c(F)c(F)c4)c(F)c3)c(F)c2)CC1. The Labute approximate surface area is 200 Å². The molecule has 0 heterocycles. The highest BCUT2D eigenvalue weighted by Gasteiger charge is 2.23. The summed E-state index contributed by atoms with van der Waals surface area (Å²) in [5, 5.41) is 0. The molecule has 0 saturated heterocycles. The van der Waals surface area contributed by atoms with E-state index in [0.29, 0.717) is 18.1 Å². The first-order valence-corrected chi connectivity index (χ1v) is 11.8. The van der Waals surface area contributed by atoms with E-state index < -0.39 is 46.0 Å². The maximum absolute atomic E-state index is 14.7. The molecule has 1 nitrogen and oxygen atoms in total. The highest BCUT2D eigenvalue weighted by molar-refractivity contribution is 5.65. The molecular formula is C28H26F6O. The van der Waals surface area contributed by atoms with Crippen molar-refractivity contribution in [2.45, 2.75) is 58.0 Å². The summed E-state index contributed by atoms with van der Waals surface area (Å²) in [7, 11) is 0. The van der Waals surface area contributed by atoms with Crippen LogP contribution in [0.25, 0.3) is 11.1 Å². The van der Waals surface area contributed by atoms with E-state index in [-0.39, 0.29) is 17.9 Å². The van der Waals surface area contributed by atoms with Gasteiger partial charge in [-0.2, -0.15) is 0 Å². The topological polar surface area (TPSA) is 9.23 Å². The van der Waals surface area contributed by atoms with Gasteiger partial charge in [-0.1, -0.05) is 25.8 Å². The fourth-order valence-corrected chi connectivity index (χ4v) is 4.93. The van der Waals surface area contributed by atoms with Gasteiger partial charge in [-0.05, 0) is 90.6 Å². The number of hydrogen-bond acceptors (Lipinski definition) is 1. The monoisotopic (exact) mass is 492 g/mol. The molecule has 1 aliphatic carbocycles. The summed E-state index contributed by atoms with van der Waals surface area (Å²) in [6.45, 7) is 1.86. The van der Waals surface area contributed by atoms with Crippen molar-refractivity contribution in [2.24, 2.45) is 5.92 Å².